The van der Waals surface area contributed by atoms with Crippen molar-refractivity contribution in [2.24, 2.45) is 0 Å². The first kappa shape index (κ1) is 20.8. The first-order valence-electron chi connectivity index (χ1n) is 9.57. The van der Waals surface area contributed by atoms with Gasteiger partial charge in [0.1, 0.15) is 0 Å². The van der Waals surface area contributed by atoms with E-state index in [2.05, 4.69) is 26.3 Å². The SMILES string of the molecule is Cc1c(C(=O)Nc2cccc(Nc3ccccc3)c2)nnn1C1CCNCC1.Cl. The van der Waals surface area contributed by atoms with Gasteiger partial charge in [0.2, 0.25) is 0 Å². The second-order valence-electron chi connectivity index (χ2n) is 6.98. The van der Waals surface area contributed by atoms with E-state index < -0.39 is 0 Å². The standard InChI is InChI=1S/C21H24N6O.ClH/c1-15-20(25-26-27(15)19-10-12-22-13-11-19)21(28)24-18-9-5-8-17(14-18)23-16-6-3-2-4-7-16;/h2-9,14,19,22-23H,10-13H2,1H3,(H,24,28);1H. The Morgan fingerprint density at radius 2 is 1.72 bits per heavy atom. The van der Waals surface area contributed by atoms with E-state index in [1.165, 1.54) is 0 Å². The van der Waals surface area contributed by atoms with Gasteiger partial charge in [0.05, 0.1) is 11.7 Å². The summed E-state index contributed by atoms with van der Waals surface area (Å²) >= 11 is 0. The van der Waals surface area contributed by atoms with Gasteiger partial charge in [-0.1, -0.05) is 29.5 Å². The third-order valence-corrected chi connectivity index (χ3v) is 4.98. The summed E-state index contributed by atoms with van der Waals surface area (Å²) < 4.78 is 1.89. The molecule has 1 fully saturated rings. The lowest BCUT2D eigenvalue weighted by molar-refractivity contribution is 0.102. The smallest absolute Gasteiger partial charge is 0.278 e. The zero-order valence-corrected chi connectivity index (χ0v) is 17.1. The van der Waals surface area contributed by atoms with Gasteiger partial charge in [0.15, 0.2) is 5.69 Å². The van der Waals surface area contributed by atoms with Crippen molar-refractivity contribution in [3.8, 4) is 0 Å². The van der Waals surface area contributed by atoms with Crippen LogP contribution in [0.2, 0.25) is 0 Å². The summed E-state index contributed by atoms with van der Waals surface area (Å²) in [6, 6.07) is 17.8. The number of benzene rings is 2. The fraction of sp³-hybridized carbons (Fsp3) is 0.286. The maximum atomic E-state index is 12.7. The molecule has 0 saturated carbocycles. The monoisotopic (exact) mass is 412 g/mol. The van der Waals surface area contributed by atoms with Crippen LogP contribution in [0.15, 0.2) is 54.6 Å². The first-order valence-corrected chi connectivity index (χ1v) is 9.57. The van der Waals surface area contributed by atoms with E-state index in [0.29, 0.717) is 17.4 Å². The van der Waals surface area contributed by atoms with Crippen LogP contribution in [-0.2, 0) is 0 Å². The van der Waals surface area contributed by atoms with Crippen LogP contribution in [0.1, 0.15) is 35.1 Å². The zero-order chi connectivity index (χ0) is 19.3. The number of nitrogens with one attached hydrogen (secondary N) is 3. The molecule has 1 amide bonds. The Balaban J connectivity index is 0.00000240. The van der Waals surface area contributed by atoms with Crippen molar-refractivity contribution in [1.29, 1.82) is 0 Å². The molecule has 3 N–H and O–H groups in total. The average Bonchev–Trinajstić information content (AvgIpc) is 3.11. The third kappa shape index (κ3) is 4.93. The van der Waals surface area contributed by atoms with Crippen molar-refractivity contribution < 1.29 is 4.79 Å². The second kappa shape index (κ2) is 9.54. The van der Waals surface area contributed by atoms with Gasteiger partial charge in [-0.05, 0) is 63.2 Å². The van der Waals surface area contributed by atoms with Crippen LogP contribution in [0, 0.1) is 6.92 Å². The lowest BCUT2D eigenvalue weighted by Crippen LogP contribution is -2.30. The van der Waals surface area contributed by atoms with E-state index in [0.717, 1.165) is 43.0 Å². The lowest BCUT2D eigenvalue weighted by Gasteiger charge is -2.23. The molecule has 0 aliphatic carbocycles. The van der Waals surface area contributed by atoms with Crippen LogP contribution in [0.25, 0.3) is 0 Å². The number of carbonyl (C=O) groups excluding carboxylic acids is 1. The van der Waals surface area contributed by atoms with Gasteiger partial charge in [-0.25, -0.2) is 4.68 Å². The summed E-state index contributed by atoms with van der Waals surface area (Å²) in [4.78, 5) is 12.7. The Labute approximate surface area is 176 Å². The Bertz CT molecular complexity index is 953. The van der Waals surface area contributed by atoms with E-state index in [1.54, 1.807) is 0 Å². The van der Waals surface area contributed by atoms with Crippen molar-refractivity contribution >= 4 is 35.4 Å². The predicted octanol–water partition coefficient (Wildman–Crippen LogP) is 3.93. The summed E-state index contributed by atoms with van der Waals surface area (Å²) in [5.41, 5.74) is 3.79. The van der Waals surface area contributed by atoms with Gasteiger partial charge >= 0.3 is 0 Å². The molecule has 0 unspecified atom stereocenters. The van der Waals surface area contributed by atoms with E-state index in [1.807, 2.05) is 66.2 Å². The quantitative estimate of drug-likeness (QED) is 0.591. The van der Waals surface area contributed by atoms with Crippen molar-refractivity contribution in [1.82, 2.24) is 20.3 Å². The number of para-hydroxylation sites is 1. The van der Waals surface area contributed by atoms with Crippen LogP contribution in [0.5, 0.6) is 0 Å². The highest BCUT2D eigenvalue weighted by molar-refractivity contribution is 6.03. The third-order valence-electron chi connectivity index (χ3n) is 4.98. The molecular formula is C21H25ClN6O. The van der Waals surface area contributed by atoms with E-state index >= 15 is 0 Å². The van der Waals surface area contributed by atoms with Gasteiger partial charge in [0.25, 0.3) is 5.91 Å². The molecule has 152 valence electrons. The van der Waals surface area contributed by atoms with E-state index in [4.69, 9.17) is 0 Å². The molecule has 2 aromatic carbocycles. The Morgan fingerprint density at radius 3 is 2.48 bits per heavy atom. The van der Waals surface area contributed by atoms with E-state index in [9.17, 15) is 4.79 Å². The van der Waals surface area contributed by atoms with Crippen LogP contribution in [0.3, 0.4) is 0 Å². The van der Waals surface area contributed by atoms with Crippen LogP contribution >= 0.6 is 12.4 Å². The van der Waals surface area contributed by atoms with Crippen LogP contribution in [-0.4, -0.2) is 34.0 Å². The minimum Gasteiger partial charge on any atom is -0.355 e. The molecule has 2 heterocycles. The Hall–Kier alpha value is -2.90. The molecule has 7 nitrogen and oxygen atoms in total. The Morgan fingerprint density at radius 1 is 1.03 bits per heavy atom. The molecule has 3 aromatic rings. The van der Waals surface area contributed by atoms with Gasteiger partial charge in [-0.2, -0.15) is 0 Å². The summed E-state index contributed by atoms with van der Waals surface area (Å²) in [5.74, 6) is -0.241. The first-order chi connectivity index (χ1) is 13.7. The van der Waals surface area contributed by atoms with Crippen molar-refractivity contribution in [3.05, 3.63) is 66.0 Å². The molecule has 1 aromatic heterocycles. The normalized spacial score (nSPS) is 14.1. The fourth-order valence-corrected chi connectivity index (χ4v) is 3.50. The lowest BCUT2D eigenvalue weighted by atomic mass is 10.1. The summed E-state index contributed by atoms with van der Waals surface area (Å²) in [7, 11) is 0. The summed E-state index contributed by atoms with van der Waals surface area (Å²) in [5, 5.41) is 18.0. The molecule has 0 radical (unpaired) electrons. The van der Waals surface area contributed by atoms with Crippen molar-refractivity contribution in [3.63, 3.8) is 0 Å². The van der Waals surface area contributed by atoms with E-state index in [-0.39, 0.29) is 18.3 Å². The number of halogens is 1. The molecule has 1 saturated heterocycles. The average molecular weight is 413 g/mol. The second-order valence-corrected chi connectivity index (χ2v) is 6.98. The molecule has 8 heteroatoms. The molecule has 29 heavy (non-hydrogen) atoms. The minimum atomic E-state index is -0.241. The zero-order valence-electron chi connectivity index (χ0n) is 16.3. The summed E-state index contributed by atoms with van der Waals surface area (Å²) in [6.07, 6.45) is 2.00. The molecule has 4 rings (SSSR count). The summed E-state index contributed by atoms with van der Waals surface area (Å²) in [6.45, 7) is 3.84. The van der Waals surface area contributed by atoms with Gasteiger partial charge in [0, 0.05) is 17.1 Å². The van der Waals surface area contributed by atoms with Crippen LogP contribution in [0.4, 0.5) is 17.1 Å². The highest BCUT2D eigenvalue weighted by atomic mass is 35.5. The number of hydrogen-bond donors (Lipinski definition) is 3. The molecule has 0 atom stereocenters. The largest absolute Gasteiger partial charge is 0.355 e. The maximum absolute atomic E-state index is 12.7. The maximum Gasteiger partial charge on any atom is 0.278 e. The number of nitrogens with zero attached hydrogens (tertiary/aromatic N) is 3. The van der Waals surface area contributed by atoms with Gasteiger partial charge in [-0.3, -0.25) is 4.79 Å². The number of amides is 1. The molecule has 0 bridgehead atoms. The highest BCUT2D eigenvalue weighted by Crippen LogP contribution is 2.22. The fourth-order valence-electron chi connectivity index (χ4n) is 3.50. The van der Waals surface area contributed by atoms with Crippen molar-refractivity contribution in [2.45, 2.75) is 25.8 Å². The molecule has 0 spiro atoms. The highest BCUT2D eigenvalue weighted by Gasteiger charge is 2.23. The van der Waals surface area contributed by atoms with Gasteiger partial charge in [-0.15, -0.1) is 17.5 Å². The van der Waals surface area contributed by atoms with Crippen molar-refractivity contribution in [2.75, 3.05) is 23.7 Å². The molecule has 1 aliphatic rings. The number of hydrogen-bond acceptors (Lipinski definition) is 5. The number of anilines is 3. The molecular weight excluding hydrogens is 388 g/mol. The topological polar surface area (TPSA) is 83.9 Å². The number of aromatic nitrogens is 3. The minimum absolute atomic E-state index is 0. The Kier molecular flexibility index (Phi) is 6.85. The van der Waals surface area contributed by atoms with Crippen LogP contribution < -0.4 is 16.0 Å². The predicted molar refractivity (Wildman–Crippen MR) is 117 cm³/mol. The number of piperidine rings is 1. The van der Waals surface area contributed by atoms with Gasteiger partial charge < -0.3 is 16.0 Å². The molecule has 1 aliphatic heterocycles. The number of rotatable bonds is 5. The number of carbonyl (C=O) groups is 1.